The van der Waals surface area contributed by atoms with Crippen LogP contribution in [0, 0.1) is 52.8 Å². The monoisotopic (exact) mass is 489 g/mol. The molecule has 192 valence electrons. The molecule has 2 N–H and O–H groups in total. The summed E-state index contributed by atoms with van der Waals surface area (Å²) in [6.45, 7) is 13.5. The van der Waals surface area contributed by atoms with E-state index >= 15 is 0 Å². The Hall–Kier alpha value is -2.40. The smallest absolute Gasteiger partial charge is 0.232 e. The lowest BCUT2D eigenvalue weighted by Crippen LogP contribution is -2.46. The highest BCUT2D eigenvalue weighted by Gasteiger charge is 2.67. The lowest BCUT2D eigenvalue weighted by atomic mass is 9.55. The van der Waals surface area contributed by atoms with Crippen molar-refractivity contribution in [3.05, 3.63) is 54.1 Å². The number of amides is 1. The van der Waals surface area contributed by atoms with E-state index in [1.54, 1.807) is 0 Å². The summed E-state index contributed by atoms with van der Waals surface area (Å²) in [5.74, 6) is 0.520. The van der Waals surface area contributed by atoms with Crippen molar-refractivity contribution in [2.45, 2.75) is 65.2 Å². The highest BCUT2D eigenvalue weighted by molar-refractivity contribution is 6.04. The third kappa shape index (κ3) is 3.38. The Morgan fingerprint density at radius 1 is 1.17 bits per heavy atom. The van der Waals surface area contributed by atoms with Crippen molar-refractivity contribution in [3.63, 3.8) is 0 Å². The Kier molecular flexibility index (Phi) is 5.36. The first-order chi connectivity index (χ1) is 17.0. The van der Waals surface area contributed by atoms with Crippen molar-refractivity contribution in [2.75, 3.05) is 0 Å². The topological polar surface area (TPSA) is 75.6 Å². The van der Waals surface area contributed by atoms with Gasteiger partial charge in [0.2, 0.25) is 5.91 Å². The molecule has 36 heavy (non-hydrogen) atoms. The zero-order chi connectivity index (χ0) is 25.6. The number of nitrogens with one attached hydrogen (secondary N) is 1. The number of rotatable bonds is 1. The first-order valence-electron chi connectivity index (χ1n) is 13.7. The Morgan fingerprint density at radius 3 is 2.58 bits per heavy atom. The van der Waals surface area contributed by atoms with Gasteiger partial charge in [-0.05, 0) is 60.6 Å². The van der Waals surface area contributed by atoms with Gasteiger partial charge >= 0.3 is 0 Å². The number of ketones is 1. The fourth-order valence-electron chi connectivity index (χ4n) is 9.61. The quantitative estimate of drug-likeness (QED) is 0.443. The second-order valence-corrected chi connectivity index (χ2v) is 12.9. The molecule has 1 amide bonds. The molecule has 5 nitrogen and oxygen atoms in total. The maximum absolute atomic E-state index is 14.4. The van der Waals surface area contributed by atoms with Crippen molar-refractivity contribution in [1.82, 2.24) is 5.32 Å². The predicted molar refractivity (Wildman–Crippen MR) is 138 cm³/mol. The molecule has 5 heteroatoms. The Bertz CT molecular complexity index is 1140. The van der Waals surface area contributed by atoms with Crippen LogP contribution in [0.25, 0.3) is 0 Å². The van der Waals surface area contributed by atoms with E-state index < -0.39 is 17.6 Å². The van der Waals surface area contributed by atoms with Gasteiger partial charge in [0.15, 0.2) is 0 Å². The summed E-state index contributed by atoms with van der Waals surface area (Å²) in [6.07, 6.45) is 6.62. The predicted octanol–water partition coefficient (Wildman–Crippen LogP) is 4.70. The van der Waals surface area contributed by atoms with Gasteiger partial charge in [-0.2, -0.15) is 0 Å². The molecule has 3 heterocycles. The van der Waals surface area contributed by atoms with E-state index in [2.05, 4.69) is 45.7 Å². The molecular formula is C31H39NO4. The summed E-state index contributed by atoms with van der Waals surface area (Å²) >= 11 is 0. The number of hydrogen-bond donors (Lipinski definition) is 2. The number of ether oxygens (including phenoxy) is 1. The van der Waals surface area contributed by atoms with Crippen LogP contribution in [-0.2, 0) is 16.0 Å². The molecule has 6 aliphatic rings. The van der Waals surface area contributed by atoms with Gasteiger partial charge in [-0.15, -0.1) is 6.58 Å². The zero-order valence-electron chi connectivity index (χ0n) is 21.9. The van der Waals surface area contributed by atoms with Crippen LogP contribution in [-0.4, -0.2) is 28.6 Å². The van der Waals surface area contributed by atoms with E-state index in [4.69, 9.17) is 4.74 Å². The summed E-state index contributed by atoms with van der Waals surface area (Å²) < 4.78 is 6.93. The lowest BCUT2D eigenvalue weighted by molar-refractivity contribution is -0.137. The van der Waals surface area contributed by atoms with E-state index in [9.17, 15) is 14.7 Å². The number of benzene rings is 1. The first-order valence-corrected chi connectivity index (χ1v) is 13.7. The standard InChI is InChI=1S/C31H39NO4/c1-6-20-12-18(4)25-24-23(20)27(33)22-15-31(35,32-29(22)34)14-19-7-9-21(10-8-19)36-28(24)26-17(3)11-16(2)13-30(25,26)5/h6-10,12,16-17,20,22-26,28,35H,1,11,13-15H2,2-5H3,(H,32,34)/t16-,17+,20-,22+,23+,24-,25-,26+,28+,30+,31-/m1/s1. The average Bonchev–Trinajstić information content (AvgIpc) is 3.24. The minimum absolute atomic E-state index is 0.00729. The minimum Gasteiger partial charge on any atom is -0.490 e. The van der Waals surface area contributed by atoms with Crippen molar-refractivity contribution in [2.24, 2.45) is 52.8 Å². The van der Waals surface area contributed by atoms with Crippen LogP contribution in [0.2, 0.25) is 0 Å². The fourth-order valence-corrected chi connectivity index (χ4v) is 9.61. The van der Waals surface area contributed by atoms with Crippen LogP contribution in [0.4, 0.5) is 0 Å². The van der Waals surface area contributed by atoms with Crippen LogP contribution < -0.4 is 10.1 Å². The third-order valence-corrected chi connectivity index (χ3v) is 10.4. The third-order valence-electron chi connectivity index (χ3n) is 10.4. The molecule has 1 aromatic carbocycles. The van der Waals surface area contributed by atoms with Crippen LogP contribution in [0.15, 0.2) is 48.6 Å². The molecule has 11 atom stereocenters. The molecule has 7 rings (SSSR count). The minimum atomic E-state index is -1.42. The van der Waals surface area contributed by atoms with Gasteiger partial charge in [0.1, 0.15) is 29.3 Å². The van der Waals surface area contributed by atoms with Crippen LogP contribution in [0.5, 0.6) is 5.75 Å². The highest BCUT2D eigenvalue weighted by atomic mass is 16.5. The van der Waals surface area contributed by atoms with Gasteiger partial charge in [-0.1, -0.05) is 50.6 Å². The number of carbonyl (C=O) groups is 2. The van der Waals surface area contributed by atoms with E-state index in [0.717, 1.165) is 24.2 Å². The SMILES string of the molecule is C=C[C@@H]1C=C(C)[C@@H]2[C@@H]3[C@H](Oc4ccc(cc4)C[C@@]4(O)C[C@H](C(=O)N4)C(=O)[C@@H]13)[C@@H]1[C@@H](C)C[C@@H](C)C[C@]12C. The van der Waals surface area contributed by atoms with Crippen molar-refractivity contribution >= 4 is 11.7 Å². The molecule has 0 unspecified atom stereocenters. The second kappa shape index (κ2) is 8.05. The lowest BCUT2D eigenvalue weighted by Gasteiger charge is -2.48. The molecule has 0 radical (unpaired) electrons. The number of aliphatic hydroxyl groups is 1. The largest absolute Gasteiger partial charge is 0.490 e. The summed E-state index contributed by atoms with van der Waals surface area (Å²) in [7, 11) is 0. The summed E-state index contributed by atoms with van der Waals surface area (Å²) in [5.41, 5.74) is 0.815. The van der Waals surface area contributed by atoms with Crippen LogP contribution in [0.1, 0.15) is 52.5 Å². The number of fused-ring (bicyclic) bond motifs is 4. The number of hydrogen-bond acceptors (Lipinski definition) is 4. The van der Waals surface area contributed by atoms with Gasteiger partial charge in [-0.3, -0.25) is 9.59 Å². The molecule has 3 aliphatic heterocycles. The number of carbonyl (C=O) groups excluding carboxylic acids is 2. The maximum atomic E-state index is 14.4. The fraction of sp³-hybridized carbons (Fsp3) is 0.613. The van der Waals surface area contributed by atoms with Gasteiger partial charge in [0.25, 0.3) is 0 Å². The van der Waals surface area contributed by atoms with E-state index in [0.29, 0.717) is 17.8 Å². The van der Waals surface area contributed by atoms with Gasteiger partial charge in [0, 0.05) is 36.5 Å². The first kappa shape index (κ1) is 24.0. The molecule has 3 aliphatic carbocycles. The Morgan fingerprint density at radius 2 is 1.89 bits per heavy atom. The maximum Gasteiger partial charge on any atom is 0.232 e. The second-order valence-electron chi connectivity index (χ2n) is 12.9. The molecule has 0 aromatic heterocycles. The number of allylic oxidation sites excluding steroid dienone is 3. The van der Waals surface area contributed by atoms with Crippen molar-refractivity contribution < 1.29 is 19.4 Å². The van der Waals surface area contributed by atoms with Crippen molar-refractivity contribution in [1.29, 1.82) is 0 Å². The van der Waals surface area contributed by atoms with Crippen molar-refractivity contribution in [3.8, 4) is 5.75 Å². The number of Topliss-reactive ketones (excluding diaryl/α,β-unsaturated/α-hetero) is 1. The normalized spacial score (nSPS) is 47.4. The highest BCUT2D eigenvalue weighted by Crippen LogP contribution is 2.67. The zero-order valence-corrected chi connectivity index (χ0v) is 21.9. The molecular weight excluding hydrogens is 450 g/mol. The van der Waals surface area contributed by atoms with Crippen LogP contribution >= 0.6 is 0 Å². The molecule has 0 spiro atoms. The Balaban J connectivity index is 1.56. The van der Waals surface area contributed by atoms with Gasteiger partial charge < -0.3 is 15.2 Å². The molecule has 2 saturated carbocycles. The van der Waals surface area contributed by atoms with Gasteiger partial charge in [-0.25, -0.2) is 0 Å². The molecule has 1 saturated heterocycles. The molecule has 4 bridgehead atoms. The van der Waals surface area contributed by atoms with E-state index in [1.807, 2.05) is 30.3 Å². The van der Waals surface area contributed by atoms with Gasteiger partial charge in [0.05, 0.1) is 0 Å². The average molecular weight is 490 g/mol. The summed E-state index contributed by atoms with van der Waals surface area (Å²) in [5, 5.41) is 14.1. The summed E-state index contributed by atoms with van der Waals surface area (Å²) in [6, 6.07) is 7.92. The molecule has 3 fully saturated rings. The van der Waals surface area contributed by atoms with E-state index in [-0.39, 0.29) is 53.8 Å². The Labute approximate surface area is 214 Å². The summed E-state index contributed by atoms with van der Waals surface area (Å²) in [4.78, 5) is 27.5. The molecule has 1 aromatic rings. The van der Waals surface area contributed by atoms with Crippen LogP contribution in [0.3, 0.4) is 0 Å². The van der Waals surface area contributed by atoms with E-state index in [1.165, 1.54) is 5.57 Å².